The number of nitrogens with two attached hydrogens (primary N) is 1. The van der Waals surface area contributed by atoms with Crippen LogP contribution in [-0.2, 0) is 31.6 Å². The number of fused-ring (bicyclic) bond motifs is 1. The number of nitrogen functional groups attached to an aromatic ring is 1. The molecule has 0 aliphatic carbocycles. The number of phosphoric ester groups is 1. The first-order valence-electron chi connectivity index (χ1n) is 8.30. The van der Waals surface area contributed by atoms with Gasteiger partial charge in [-0.15, -0.1) is 0 Å². The molecule has 5 unspecified atom stereocenters. The van der Waals surface area contributed by atoms with E-state index < -0.39 is 54.1 Å². The van der Waals surface area contributed by atoms with Crippen LogP contribution in [0.25, 0.3) is 11.2 Å². The average Bonchev–Trinajstić information content (AvgIpc) is 3.11. The minimum Gasteiger partial charge on any atom is -0.387 e. The van der Waals surface area contributed by atoms with Gasteiger partial charge in [-0.05, 0) is 6.92 Å². The van der Waals surface area contributed by atoms with Gasteiger partial charge in [-0.1, -0.05) is 0 Å². The van der Waals surface area contributed by atoms with Crippen LogP contribution in [0.3, 0.4) is 0 Å². The van der Waals surface area contributed by atoms with Crippen LogP contribution >= 0.6 is 23.5 Å². The maximum atomic E-state index is 11.9. The van der Waals surface area contributed by atoms with E-state index in [1.165, 1.54) is 17.8 Å². The van der Waals surface area contributed by atoms with Gasteiger partial charge in [0.25, 0.3) is 0 Å². The molecule has 0 radical (unpaired) electrons. The molecule has 1 fully saturated rings. The molecule has 1 aliphatic rings. The van der Waals surface area contributed by atoms with E-state index in [9.17, 15) is 28.8 Å². The highest BCUT2D eigenvalue weighted by atomic mass is 31.3. The molecule has 0 bridgehead atoms. The Kier molecular flexibility index (Phi) is 6.67. The molecule has 2 aromatic rings. The van der Waals surface area contributed by atoms with Crippen LogP contribution in [0.2, 0.25) is 0 Å². The van der Waals surface area contributed by atoms with Gasteiger partial charge in [0.2, 0.25) is 0 Å². The van der Waals surface area contributed by atoms with Gasteiger partial charge >= 0.3 is 23.5 Å². The Morgan fingerprint density at radius 1 is 1.16 bits per heavy atom. The molecule has 1 saturated heterocycles. The van der Waals surface area contributed by atoms with Gasteiger partial charge in [-0.2, -0.15) is 8.62 Å². The van der Waals surface area contributed by atoms with Gasteiger partial charge in [0.05, 0.1) is 12.9 Å². The fraction of sp³-hybridized carbons (Fsp3) is 0.545. The summed E-state index contributed by atoms with van der Waals surface area (Å²) in [5.74, 6) is 0.0381. The minimum atomic E-state index is -5.71. The van der Waals surface area contributed by atoms with Crippen molar-refractivity contribution in [3.8, 4) is 0 Å². The van der Waals surface area contributed by atoms with Gasteiger partial charge in [0.1, 0.15) is 29.7 Å². The lowest BCUT2D eigenvalue weighted by Crippen LogP contribution is -2.44. The Morgan fingerprint density at radius 3 is 2.44 bits per heavy atom. The summed E-state index contributed by atoms with van der Waals surface area (Å²) in [5.41, 5.74) is 4.00. The summed E-state index contributed by atoms with van der Waals surface area (Å²) in [4.78, 5) is 47.5. The lowest BCUT2D eigenvalue weighted by Gasteiger charge is -2.27. The zero-order valence-corrected chi connectivity index (χ0v) is 18.5. The van der Waals surface area contributed by atoms with E-state index in [4.69, 9.17) is 25.2 Å². The molecule has 1 aliphatic heterocycles. The summed E-state index contributed by atoms with van der Waals surface area (Å²) in [6.45, 7) is 0.213. The van der Waals surface area contributed by atoms with E-state index in [1.807, 2.05) is 0 Å². The average molecular weight is 521 g/mol. The van der Waals surface area contributed by atoms with Crippen LogP contribution in [0, 0.1) is 0 Å². The van der Waals surface area contributed by atoms with Gasteiger partial charge in [-0.25, -0.2) is 28.6 Å². The molecule has 6 atom stereocenters. The molecule has 2 aromatic heterocycles. The van der Waals surface area contributed by atoms with Crippen LogP contribution in [0.4, 0.5) is 5.82 Å². The highest BCUT2D eigenvalue weighted by Crippen LogP contribution is 2.66. The molecular formula is C11H18N5O13P3. The van der Waals surface area contributed by atoms with Crippen molar-refractivity contribution in [3.05, 3.63) is 12.7 Å². The molecule has 0 saturated carbocycles. The minimum absolute atomic E-state index is 0.0381. The molecule has 3 heterocycles. The molecule has 18 nitrogen and oxygen atoms in total. The summed E-state index contributed by atoms with van der Waals surface area (Å²) in [6, 6.07) is 0. The number of ether oxygens (including phenoxy) is 1. The second kappa shape index (κ2) is 8.45. The second-order valence-corrected chi connectivity index (χ2v) is 11.1. The van der Waals surface area contributed by atoms with Crippen molar-refractivity contribution >= 4 is 40.4 Å². The number of anilines is 1. The zero-order chi connectivity index (χ0) is 24.1. The quantitative estimate of drug-likeness (QED) is 0.200. The molecule has 21 heteroatoms. The number of aliphatic hydroxyl groups is 2. The Labute approximate surface area is 178 Å². The van der Waals surface area contributed by atoms with Crippen molar-refractivity contribution in [2.75, 3.05) is 12.3 Å². The fourth-order valence-electron chi connectivity index (χ4n) is 2.89. The number of phosphoric acid groups is 3. The third-order valence-electron chi connectivity index (χ3n) is 4.21. The SMILES string of the molecule is CC1(O)C(n2cnc3c(N)ncnc32)OC(COP(=O)(O)OP(=O)(O)OP(=O)(O)O)[C@@H]1O. The van der Waals surface area contributed by atoms with Crippen LogP contribution in [0.1, 0.15) is 13.2 Å². The van der Waals surface area contributed by atoms with Crippen molar-refractivity contribution in [2.24, 2.45) is 0 Å². The van der Waals surface area contributed by atoms with Gasteiger partial charge in [0, 0.05) is 0 Å². The Balaban J connectivity index is 1.74. The van der Waals surface area contributed by atoms with Crippen LogP contribution in [0.15, 0.2) is 12.7 Å². The number of imidazole rings is 1. The van der Waals surface area contributed by atoms with Gasteiger partial charge in [-0.3, -0.25) is 9.09 Å². The highest BCUT2D eigenvalue weighted by molar-refractivity contribution is 7.66. The van der Waals surface area contributed by atoms with Crippen molar-refractivity contribution in [1.82, 2.24) is 19.5 Å². The molecule has 0 aromatic carbocycles. The predicted octanol–water partition coefficient (Wildman–Crippen LogP) is -1.24. The lowest BCUT2D eigenvalue weighted by molar-refractivity contribution is -0.0949. The van der Waals surface area contributed by atoms with E-state index in [1.54, 1.807) is 0 Å². The highest BCUT2D eigenvalue weighted by Gasteiger charge is 2.54. The topological polar surface area (TPSA) is 279 Å². The van der Waals surface area contributed by atoms with Crippen molar-refractivity contribution in [2.45, 2.75) is 31.0 Å². The van der Waals surface area contributed by atoms with E-state index in [0.717, 1.165) is 6.33 Å². The number of aliphatic hydroxyl groups excluding tert-OH is 1. The van der Waals surface area contributed by atoms with E-state index in [0.29, 0.717) is 0 Å². The monoisotopic (exact) mass is 521 g/mol. The van der Waals surface area contributed by atoms with Crippen molar-refractivity contribution in [3.63, 3.8) is 0 Å². The molecule has 180 valence electrons. The van der Waals surface area contributed by atoms with E-state index in [-0.39, 0.29) is 17.0 Å². The summed E-state index contributed by atoms with van der Waals surface area (Å²) >= 11 is 0. The molecule has 3 rings (SSSR count). The first-order chi connectivity index (χ1) is 14.5. The fourth-order valence-corrected chi connectivity index (χ4v) is 5.92. The Bertz CT molecular complexity index is 1150. The largest absolute Gasteiger partial charge is 0.490 e. The Hall–Kier alpha value is -1.36. The van der Waals surface area contributed by atoms with Crippen LogP contribution < -0.4 is 5.73 Å². The van der Waals surface area contributed by atoms with Crippen LogP contribution in [-0.4, -0.2) is 73.7 Å². The molecule has 0 amide bonds. The maximum Gasteiger partial charge on any atom is 0.490 e. The van der Waals surface area contributed by atoms with Crippen molar-refractivity contribution < 1.29 is 61.4 Å². The summed E-state index contributed by atoms with van der Waals surface area (Å²) in [6.07, 6.45) is -2.23. The predicted molar refractivity (Wildman–Crippen MR) is 100 cm³/mol. The van der Waals surface area contributed by atoms with E-state index >= 15 is 0 Å². The molecule has 8 N–H and O–H groups in total. The maximum absolute atomic E-state index is 11.9. The number of hydrogen-bond acceptors (Lipinski definition) is 13. The number of hydrogen-bond donors (Lipinski definition) is 7. The molecule has 0 spiro atoms. The smallest absolute Gasteiger partial charge is 0.387 e. The summed E-state index contributed by atoms with van der Waals surface area (Å²) < 4.78 is 52.2. The number of rotatable bonds is 8. The molecular weight excluding hydrogens is 503 g/mol. The summed E-state index contributed by atoms with van der Waals surface area (Å²) in [7, 11) is -16.7. The van der Waals surface area contributed by atoms with Gasteiger partial charge in [0.15, 0.2) is 17.7 Å². The van der Waals surface area contributed by atoms with Crippen molar-refractivity contribution in [1.29, 1.82) is 0 Å². The van der Waals surface area contributed by atoms with Crippen LogP contribution in [0.5, 0.6) is 0 Å². The standard InChI is InChI=1S/C11H18N5O13P3/c1-11(18)7(17)5(2-26-31(22,23)29-32(24,25)28-30(19,20)21)27-10(11)16-4-15-6-8(12)13-3-14-9(6)16/h3-5,7,10,17-18H,2H2,1H3,(H,22,23)(H,24,25)(H2,12,13,14)(H2,19,20,21)/t5?,7-,10?,11?/m0/s1. The van der Waals surface area contributed by atoms with Gasteiger partial charge < -0.3 is 40.3 Å². The zero-order valence-electron chi connectivity index (χ0n) is 15.8. The Morgan fingerprint density at radius 2 is 1.81 bits per heavy atom. The molecule has 32 heavy (non-hydrogen) atoms. The number of aromatic nitrogens is 4. The lowest BCUT2D eigenvalue weighted by atomic mass is 9.96. The normalized spacial score (nSPS) is 30.3. The third-order valence-corrected chi connectivity index (χ3v) is 8.01. The first kappa shape index (κ1) is 25.3. The second-order valence-electron chi connectivity index (χ2n) is 6.67. The first-order valence-corrected chi connectivity index (χ1v) is 12.8. The summed E-state index contributed by atoms with van der Waals surface area (Å²) in [5, 5.41) is 21.1. The third kappa shape index (κ3) is 5.40. The number of nitrogens with zero attached hydrogens (tertiary/aromatic N) is 4. The van der Waals surface area contributed by atoms with E-state index in [2.05, 4.69) is 28.1 Å².